The van der Waals surface area contributed by atoms with Gasteiger partial charge in [-0.1, -0.05) is 0 Å². The largest absolute Gasteiger partial charge is 0.496 e. The Bertz CT molecular complexity index is 968. The summed E-state index contributed by atoms with van der Waals surface area (Å²) in [7, 11) is 1.56. The third-order valence-corrected chi connectivity index (χ3v) is 5.72. The van der Waals surface area contributed by atoms with Crippen molar-refractivity contribution >= 4 is 11.6 Å². The molecule has 1 aromatic heterocycles. The summed E-state index contributed by atoms with van der Waals surface area (Å²) in [5.74, 6) is 0.0823. The van der Waals surface area contributed by atoms with Gasteiger partial charge < -0.3 is 15.0 Å². The van der Waals surface area contributed by atoms with Crippen LogP contribution >= 0.6 is 0 Å². The lowest BCUT2D eigenvalue weighted by atomic mass is 10.0. The normalized spacial score (nSPS) is 19.5. The molecule has 2 heterocycles. The zero-order valence-electron chi connectivity index (χ0n) is 16.3. The molecule has 0 radical (unpaired) electrons. The van der Waals surface area contributed by atoms with Crippen molar-refractivity contribution in [1.29, 1.82) is 5.26 Å². The van der Waals surface area contributed by atoms with E-state index < -0.39 is 5.54 Å². The topological polar surface area (TPSA) is 78.2 Å². The lowest BCUT2D eigenvalue weighted by molar-refractivity contribution is 0.0926. The molecule has 7 heteroatoms. The number of nitrogens with zero attached hydrogens (tertiary/aromatic N) is 3. The summed E-state index contributed by atoms with van der Waals surface area (Å²) in [4.78, 5) is 19.2. The molecule has 2 aliphatic rings. The number of ether oxygens (including phenoxy) is 1. The minimum atomic E-state index is -0.393. The number of pyridine rings is 1. The van der Waals surface area contributed by atoms with E-state index in [4.69, 9.17) is 10.00 Å². The maximum atomic E-state index is 13.7. The molecule has 29 heavy (non-hydrogen) atoms. The van der Waals surface area contributed by atoms with Gasteiger partial charge in [0.05, 0.1) is 19.1 Å². The Morgan fingerprint density at radius 2 is 2.24 bits per heavy atom. The van der Waals surface area contributed by atoms with E-state index in [1.54, 1.807) is 25.4 Å². The van der Waals surface area contributed by atoms with Crippen LogP contribution in [0.1, 0.15) is 35.3 Å². The van der Waals surface area contributed by atoms with Gasteiger partial charge in [0.2, 0.25) is 0 Å². The fraction of sp³-hybridized carbons (Fsp3) is 0.409. The number of nitriles is 1. The zero-order chi connectivity index (χ0) is 20.4. The van der Waals surface area contributed by atoms with E-state index in [0.717, 1.165) is 37.1 Å². The van der Waals surface area contributed by atoms with Crippen LogP contribution in [0.15, 0.2) is 36.5 Å². The van der Waals surface area contributed by atoms with E-state index in [1.165, 1.54) is 12.1 Å². The fourth-order valence-corrected chi connectivity index (χ4v) is 3.89. The number of methoxy groups -OCH3 is 1. The van der Waals surface area contributed by atoms with E-state index in [9.17, 15) is 9.18 Å². The van der Waals surface area contributed by atoms with Crippen molar-refractivity contribution in [2.45, 2.75) is 31.2 Å². The summed E-state index contributed by atoms with van der Waals surface area (Å²) in [5, 5.41) is 12.2. The van der Waals surface area contributed by atoms with Gasteiger partial charge in [0, 0.05) is 30.5 Å². The molecule has 1 saturated carbocycles. The molecule has 2 aromatic rings. The fourth-order valence-electron chi connectivity index (χ4n) is 3.89. The van der Waals surface area contributed by atoms with Gasteiger partial charge in [0.15, 0.2) is 0 Å². The highest BCUT2D eigenvalue weighted by Crippen LogP contribution is 2.41. The van der Waals surface area contributed by atoms with Crippen LogP contribution in [0.2, 0.25) is 0 Å². The van der Waals surface area contributed by atoms with Crippen molar-refractivity contribution in [2.75, 3.05) is 25.1 Å². The van der Waals surface area contributed by atoms with Gasteiger partial charge in [-0.3, -0.25) is 9.78 Å². The summed E-state index contributed by atoms with van der Waals surface area (Å²) < 4.78 is 19.0. The minimum Gasteiger partial charge on any atom is -0.496 e. The molecule has 1 amide bonds. The smallest absolute Gasteiger partial charge is 0.270 e. The van der Waals surface area contributed by atoms with E-state index in [-0.39, 0.29) is 17.6 Å². The van der Waals surface area contributed by atoms with Gasteiger partial charge in [-0.2, -0.15) is 5.26 Å². The Labute approximate surface area is 169 Å². The average molecular weight is 394 g/mol. The number of nitrogens with one attached hydrogen (secondary N) is 1. The van der Waals surface area contributed by atoms with Gasteiger partial charge in [0.1, 0.15) is 17.3 Å². The van der Waals surface area contributed by atoms with Crippen LogP contribution in [0.5, 0.6) is 5.75 Å². The first-order valence-corrected chi connectivity index (χ1v) is 9.77. The van der Waals surface area contributed by atoms with Crippen molar-refractivity contribution in [2.24, 2.45) is 5.92 Å². The molecule has 2 fully saturated rings. The summed E-state index contributed by atoms with van der Waals surface area (Å²) in [6, 6.07) is 10.4. The van der Waals surface area contributed by atoms with Crippen molar-refractivity contribution in [3.05, 3.63) is 53.6 Å². The van der Waals surface area contributed by atoms with Crippen LogP contribution in [-0.2, 0) is 6.42 Å². The number of anilines is 1. The standard InChI is InChI=1S/C22H23FN4O2/c1-29-20-3-2-17(23)10-16(20)12-22(6-7-22)26-21(28)19-11-18(4-8-25-19)27-9-5-15(13-24)14-27/h2-4,8,10-11,15H,5-7,9,12,14H2,1H3,(H,26,28)/t15-/m0/s1. The predicted octanol–water partition coefficient (Wildman–Crippen LogP) is 3.08. The number of rotatable bonds is 6. The lowest BCUT2D eigenvalue weighted by Gasteiger charge is -2.20. The first-order valence-electron chi connectivity index (χ1n) is 9.77. The first-order chi connectivity index (χ1) is 14.0. The third kappa shape index (κ3) is 4.16. The molecule has 1 aliphatic heterocycles. The van der Waals surface area contributed by atoms with Crippen molar-refractivity contribution in [3.8, 4) is 11.8 Å². The molecule has 1 N–H and O–H groups in total. The Balaban J connectivity index is 1.46. The molecule has 1 atom stereocenters. The van der Waals surface area contributed by atoms with Crippen LogP contribution in [-0.4, -0.2) is 36.6 Å². The molecule has 1 saturated heterocycles. The Hall–Kier alpha value is -3.14. The maximum absolute atomic E-state index is 13.7. The van der Waals surface area contributed by atoms with Crippen molar-refractivity contribution < 1.29 is 13.9 Å². The Kier molecular flexibility index (Phi) is 5.10. The number of carbonyl (C=O) groups is 1. The quantitative estimate of drug-likeness (QED) is 0.815. The molecule has 4 rings (SSSR count). The molecule has 1 aromatic carbocycles. The summed E-state index contributed by atoms with van der Waals surface area (Å²) in [6.07, 6.45) is 4.62. The third-order valence-electron chi connectivity index (χ3n) is 5.72. The second-order valence-corrected chi connectivity index (χ2v) is 7.83. The number of hydrogen-bond donors (Lipinski definition) is 1. The molecule has 1 aliphatic carbocycles. The van der Waals surface area contributed by atoms with Crippen molar-refractivity contribution in [1.82, 2.24) is 10.3 Å². The molecule has 150 valence electrons. The van der Waals surface area contributed by atoms with Crippen LogP contribution in [0, 0.1) is 23.1 Å². The molecule has 0 unspecified atom stereocenters. The van der Waals surface area contributed by atoms with Crippen LogP contribution < -0.4 is 15.0 Å². The molecule has 0 spiro atoms. The summed E-state index contributed by atoms with van der Waals surface area (Å²) in [6.45, 7) is 1.47. The Morgan fingerprint density at radius 1 is 1.41 bits per heavy atom. The van der Waals surface area contributed by atoms with E-state index in [1.807, 2.05) is 6.07 Å². The number of halogens is 1. The average Bonchev–Trinajstić information content (AvgIpc) is 3.29. The summed E-state index contributed by atoms with van der Waals surface area (Å²) in [5.41, 5.74) is 1.60. The monoisotopic (exact) mass is 394 g/mol. The number of carbonyl (C=O) groups excluding carboxylic acids is 1. The Morgan fingerprint density at radius 3 is 2.93 bits per heavy atom. The van der Waals surface area contributed by atoms with Gasteiger partial charge in [-0.05, 0) is 61.6 Å². The number of benzene rings is 1. The van der Waals surface area contributed by atoms with E-state index in [2.05, 4.69) is 21.3 Å². The van der Waals surface area contributed by atoms with Gasteiger partial charge in [-0.15, -0.1) is 0 Å². The molecular weight excluding hydrogens is 371 g/mol. The number of aromatic nitrogens is 1. The molecular formula is C22H23FN4O2. The highest BCUT2D eigenvalue weighted by Gasteiger charge is 2.45. The second-order valence-electron chi connectivity index (χ2n) is 7.83. The molecule has 0 bridgehead atoms. The first kappa shape index (κ1) is 19.2. The minimum absolute atomic E-state index is 0.0245. The van der Waals surface area contributed by atoms with Crippen molar-refractivity contribution in [3.63, 3.8) is 0 Å². The van der Waals surface area contributed by atoms with E-state index >= 15 is 0 Å². The van der Waals surface area contributed by atoms with E-state index in [0.29, 0.717) is 24.4 Å². The SMILES string of the molecule is COc1ccc(F)cc1CC1(NC(=O)c2cc(N3CC[C@@H](C#N)C3)ccn2)CC1. The van der Waals surface area contributed by atoms with Gasteiger partial charge in [0.25, 0.3) is 5.91 Å². The van der Waals surface area contributed by atoms with Gasteiger partial charge in [-0.25, -0.2) is 4.39 Å². The molecule has 6 nitrogen and oxygen atoms in total. The summed E-state index contributed by atoms with van der Waals surface area (Å²) >= 11 is 0. The highest BCUT2D eigenvalue weighted by molar-refractivity contribution is 5.94. The second kappa shape index (κ2) is 7.70. The lowest BCUT2D eigenvalue weighted by Crippen LogP contribution is -2.39. The van der Waals surface area contributed by atoms with Crippen LogP contribution in [0.25, 0.3) is 0 Å². The number of amides is 1. The predicted molar refractivity (Wildman–Crippen MR) is 106 cm³/mol. The van der Waals surface area contributed by atoms with Crippen LogP contribution in [0.4, 0.5) is 10.1 Å². The maximum Gasteiger partial charge on any atom is 0.270 e. The highest BCUT2D eigenvalue weighted by atomic mass is 19.1. The van der Waals surface area contributed by atoms with Gasteiger partial charge >= 0.3 is 0 Å². The van der Waals surface area contributed by atoms with Crippen LogP contribution in [0.3, 0.4) is 0 Å². The zero-order valence-corrected chi connectivity index (χ0v) is 16.3. The number of hydrogen-bond acceptors (Lipinski definition) is 5.